The van der Waals surface area contributed by atoms with E-state index in [1.807, 2.05) is 20.4 Å². The number of nitrogens with one attached hydrogen (secondary N) is 4. The van der Waals surface area contributed by atoms with E-state index in [9.17, 15) is 14.4 Å². The van der Waals surface area contributed by atoms with E-state index in [1.54, 1.807) is 55.1 Å². The van der Waals surface area contributed by atoms with Crippen molar-refractivity contribution in [3.63, 3.8) is 0 Å². The highest BCUT2D eigenvalue weighted by molar-refractivity contribution is 6.86. The zero-order valence-electron chi connectivity index (χ0n) is 35.8. The van der Waals surface area contributed by atoms with E-state index in [4.69, 9.17) is 23.4 Å². The Morgan fingerprint density at radius 1 is 0.633 bits per heavy atom. The van der Waals surface area contributed by atoms with Crippen molar-refractivity contribution in [3.05, 3.63) is 66.0 Å². The summed E-state index contributed by atoms with van der Waals surface area (Å²) in [5.74, 6) is 0.607. The number of carbonyl (C=O) groups excluding carboxylic acids is 2. The van der Waals surface area contributed by atoms with Gasteiger partial charge in [0.05, 0.1) is 24.3 Å². The van der Waals surface area contributed by atoms with Crippen molar-refractivity contribution >= 4 is 78.5 Å². The van der Waals surface area contributed by atoms with Gasteiger partial charge in [0.15, 0.2) is 8.32 Å². The fourth-order valence-corrected chi connectivity index (χ4v) is 18.2. The van der Waals surface area contributed by atoms with Gasteiger partial charge in [0.25, 0.3) is 0 Å². The van der Waals surface area contributed by atoms with Crippen molar-refractivity contribution in [3.8, 4) is 0 Å². The van der Waals surface area contributed by atoms with Crippen LogP contribution in [0.2, 0.25) is 44.8 Å². The first-order valence-electron chi connectivity index (χ1n) is 20.4. The molecule has 21 heteroatoms. The summed E-state index contributed by atoms with van der Waals surface area (Å²) in [6.07, 6.45) is 6.27. The Bertz CT molecular complexity index is 1960. The van der Waals surface area contributed by atoms with Crippen LogP contribution in [0.5, 0.6) is 0 Å². The van der Waals surface area contributed by atoms with E-state index in [1.165, 1.54) is 6.33 Å². The number of hydrogen-bond donors (Lipinski definition) is 6. The molecule has 326 valence electrons. The lowest BCUT2D eigenvalue weighted by Crippen LogP contribution is -2.54. The van der Waals surface area contributed by atoms with Crippen molar-refractivity contribution in [2.24, 2.45) is 0 Å². The Morgan fingerprint density at radius 2 is 1.12 bits per heavy atom. The minimum atomic E-state index is -3.15. The summed E-state index contributed by atoms with van der Waals surface area (Å²) in [4.78, 5) is 61.8. The minimum Gasteiger partial charge on any atom is -0.462 e. The molecule has 4 rings (SSSR count). The quantitative estimate of drug-likeness (QED) is 0.0205. The molecule has 0 spiro atoms. The van der Waals surface area contributed by atoms with Crippen molar-refractivity contribution in [2.75, 3.05) is 53.3 Å². The number of nitrogen functional groups attached to an aromatic ring is 1. The second-order valence-electron chi connectivity index (χ2n) is 15.5. The molecular formula is C39H61N11O7Si3. The summed E-state index contributed by atoms with van der Waals surface area (Å²) < 4.78 is 23.8. The molecule has 0 saturated heterocycles. The van der Waals surface area contributed by atoms with Crippen molar-refractivity contribution < 1.29 is 32.1 Å². The number of anilines is 7. The van der Waals surface area contributed by atoms with Crippen LogP contribution >= 0.6 is 0 Å². The second-order valence-corrected chi connectivity index (χ2v) is 27.0. The van der Waals surface area contributed by atoms with Crippen LogP contribution in [-0.4, -0.2) is 98.4 Å². The van der Waals surface area contributed by atoms with Gasteiger partial charge in [-0.3, -0.25) is 0 Å². The van der Waals surface area contributed by atoms with Gasteiger partial charge in [-0.25, -0.2) is 19.6 Å². The van der Waals surface area contributed by atoms with Crippen LogP contribution in [0, 0.1) is 0 Å². The standard InChI is InChI=1S/C39H61N11O7Si3/c1-8-10-24-54-33(51)29-14-18-31(19-15-29)45-38-44-28-43-36(49-38)41-23-13-27-60(7,56-58(3,4)5)57-59(6,53)26-12-22-42-37-47-35(40)48-39(50-37)46-32-20-16-30(17-21-32)34(52)55-25-11-9-2/h14-21,28,53H,8-13,22-27H2,1-7H3,(H2,41,43,44,45,49)(H4,40,42,46,47,48,50). The van der Waals surface area contributed by atoms with Gasteiger partial charge in [-0.2, -0.15) is 19.9 Å². The molecular weight excluding hydrogens is 819 g/mol. The second kappa shape index (κ2) is 23.1. The van der Waals surface area contributed by atoms with Gasteiger partial charge in [-0.15, -0.1) is 0 Å². The van der Waals surface area contributed by atoms with Crippen molar-refractivity contribution in [1.29, 1.82) is 0 Å². The average molecular weight is 880 g/mol. The summed E-state index contributed by atoms with van der Waals surface area (Å²) >= 11 is 0. The lowest BCUT2D eigenvalue weighted by atomic mass is 10.2. The van der Waals surface area contributed by atoms with Crippen LogP contribution in [-0.2, 0) is 17.7 Å². The van der Waals surface area contributed by atoms with Gasteiger partial charge in [-0.1, -0.05) is 26.7 Å². The van der Waals surface area contributed by atoms with Gasteiger partial charge >= 0.3 is 29.1 Å². The van der Waals surface area contributed by atoms with Crippen LogP contribution in [0.15, 0.2) is 54.9 Å². The molecule has 2 heterocycles. The zero-order chi connectivity index (χ0) is 43.6. The summed E-state index contributed by atoms with van der Waals surface area (Å²) in [6, 6.07) is 14.9. The molecule has 2 atom stereocenters. The Labute approximate surface area is 355 Å². The highest BCUT2D eigenvalue weighted by Gasteiger charge is 2.43. The number of aromatic nitrogens is 6. The molecule has 60 heavy (non-hydrogen) atoms. The number of rotatable bonds is 26. The smallest absolute Gasteiger partial charge is 0.338 e. The number of ether oxygens (including phenoxy) is 2. The molecule has 4 aromatic rings. The lowest BCUT2D eigenvalue weighted by molar-refractivity contribution is 0.0490. The Kier molecular flexibility index (Phi) is 18.3. The molecule has 0 aliphatic rings. The predicted molar refractivity (Wildman–Crippen MR) is 241 cm³/mol. The van der Waals surface area contributed by atoms with Crippen LogP contribution < -0.4 is 27.0 Å². The van der Waals surface area contributed by atoms with E-state index in [0.717, 1.165) is 25.7 Å². The number of carbonyl (C=O) groups is 2. The number of nitrogens with two attached hydrogens (primary N) is 1. The fourth-order valence-electron chi connectivity index (χ4n) is 5.90. The highest BCUT2D eigenvalue weighted by atomic mass is 28.5. The number of esters is 2. The van der Waals surface area contributed by atoms with Gasteiger partial charge in [0.2, 0.25) is 29.7 Å². The number of benzene rings is 2. The monoisotopic (exact) mass is 879 g/mol. The molecule has 2 unspecified atom stereocenters. The topological polar surface area (TPSA) is 243 Å². The van der Waals surface area contributed by atoms with Gasteiger partial charge in [0, 0.05) is 24.5 Å². The molecule has 0 radical (unpaired) electrons. The van der Waals surface area contributed by atoms with Gasteiger partial charge in [-0.05, 0) is 119 Å². The maximum atomic E-state index is 12.2. The summed E-state index contributed by atoms with van der Waals surface area (Å²) in [5.41, 5.74) is 8.28. The first-order valence-corrected chi connectivity index (χ1v) is 28.9. The van der Waals surface area contributed by atoms with E-state index < -0.39 is 25.4 Å². The number of hydrogen-bond acceptors (Lipinski definition) is 18. The maximum absolute atomic E-state index is 12.2. The molecule has 0 fully saturated rings. The SMILES string of the molecule is CCCCOC(=O)c1ccc(Nc2ncnc(NCCC[Si](C)(O[Si](C)(C)C)O[Si](C)(O)CCCNc3nc(N)nc(Nc4ccc(C(=O)OCCCC)cc4)n3)n2)cc1. The first kappa shape index (κ1) is 47.6. The molecule has 0 aliphatic carbocycles. The third kappa shape index (κ3) is 17.3. The summed E-state index contributed by atoms with van der Waals surface area (Å²) in [5, 5.41) is 12.7. The molecule has 2 aromatic heterocycles. The third-order valence-corrected chi connectivity index (χ3v) is 18.8. The third-order valence-electron chi connectivity index (χ3n) is 8.59. The van der Waals surface area contributed by atoms with E-state index in [2.05, 4.69) is 70.8 Å². The van der Waals surface area contributed by atoms with E-state index >= 15 is 0 Å². The highest BCUT2D eigenvalue weighted by Crippen LogP contribution is 2.27. The largest absolute Gasteiger partial charge is 0.462 e. The van der Waals surface area contributed by atoms with E-state index in [-0.39, 0.29) is 29.8 Å². The van der Waals surface area contributed by atoms with E-state index in [0.29, 0.717) is 85.6 Å². The molecule has 0 saturated carbocycles. The molecule has 2 aromatic carbocycles. The summed E-state index contributed by atoms with van der Waals surface area (Å²) in [6.45, 7) is 16.1. The van der Waals surface area contributed by atoms with Crippen LogP contribution in [0.1, 0.15) is 73.1 Å². The summed E-state index contributed by atoms with van der Waals surface area (Å²) in [7, 11) is -7.98. The Balaban J connectivity index is 1.24. The maximum Gasteiger partial charge on any atom is 0.338 e. The number of nitrogens with zero attached hydrogens (tertiary/aromatic N) is 6. The molecule has 0 bridgehead atoms. The molecule has 0 amide bonds. The molecule has 7 N–H and O–H groups in total. The number of unbranched alkanes of at least 4 members (excludes halogenated alkanes) is 2. The zero-order valence-corrected chi connectivity index (χ0v) is 38.8. The predicted octanol–water partition coefficient (Wildman–Crippen LogP) is 7.35. The van der Waals surface area contributed by atoms with Crippen LogP contribution in [0.3, 0.4) is 0 Å². The lowest BCUT2D eigenvalue weighted by Gasteiger charge is -2.38. The van der Waals surface area contributed by atoms with Gasteiger partial charge in [0.1, 0.15) is 6.33 Å². The molecule has 0 aliphatic heterocycles. The Morgan fingerprint density at radius 3 is 1.67 bits per heavy atom. The minimum absolute atomic E-state index is 0.0352. The first-order chi connectivity index (χ1) is 28.5. The fraction of sp³-hybridized carbons (Fsp3) is 0.487. The van der Waals surface area contributed by atoms with Crippen molar-refractivity contribution in [1.82, 2.24) is 29.9 Å². The van der Waals surface area contributed by atoms with Gasteiger partial charge < -0.3 is 49.5 Å². The van der Waals surface area contributed by atoms with Crippen molar-refractivity contribution in [2.45, 2.75) is 97.2 Å². The molecule has 18 nitrogen and oxygen atoms in total. The Hall–Kier alpha value is -5.07. The van der Waals surface area contributed by atoms with Crippen LogP contribution in [0.4, 0.5) is 41.1 Å². The average Bonchev–Trinajstić information content (AvgIpc) is 3.18. The normalized spacial score (nSPS) is 13.4. The van der Waals surface area contributed by atoms with Crippen LogP contribution in [0.25, 0.3) is 0 Å².